The molecule has 0 atom stereocenters. The van der Waals surface area contributed by atoms with Crippen molar-refractivity contribution in [2.24, 2.45) is 0 Å². The van der Waals surface area contributed by atoms with Crippen molar-refractivity contribution in [1.82, 2.24) is 0 Å². The molecule has 0 aliphatic carbocycles. The van der Waals surface area contributed by atoms with E-state index in [4.69, 9.17) is 9.47 Å². The second-order valence-electron chi connectivity index (χ2n) is 7.65. The summed E-state index contributed by atoms with van der Waals surface area (Å²) in [4.78, 5) is 12.8. The number of aryl methyl sites for hydroxylation is 2. The van der Waals surface area contributed by atoms with Gasteiger partial charge in [-0.05, 0) is 47.2 Å². The van der Waals surface area contributed by atoms with Crippen molar-refractivity contribution in [3.63, 3.8) is 0 Å². The Bertz CT molecular complexity index is 1120. The van der Waals surface area contributed by atoms with Gasteiger partial charge in [-0.15, -0.1) is 0 Å². The van der Waals surface area contributed by atoms with Gasteiger partial charge < -0.3 is 9.47 Å². The van der Waals surface area contributed by atoms with Gasteiger partial charge in [-0.2, -0.15) is 0 Å². The van der Waals surface area contributed by atoms with E-state index in [0.29, 0.717) is 17.9 Å². The lowest BCUT2D eigenvalue weighted by Gasteiger charge is -2.14. The van der Waals surface area contributed by atoms with E-state index in [1.807, 2.05) is 84.9 Å². The first kappa shape index (κ1) is 21.4. The number of hydrogen-bond acceptors (Lipinski definition) is 3. The van der Waals surface area contributed by atoms with Gasteiger partial charge in [-0.3, -0.25) is 0 Å². The standard InChI is InChI=1S/C29H26O3/c30-29(32-22-26-14-8-3-9-15-26)27-19-18-24(17-16-23-10-4-1-5-11-23)20-28(27)31-21-25-12-6-2-7-13-25/h1-15,18-20H,16-17,21-22H2. The van der Waals surface area contributed by atoms with Crippen LogP contribution < -0.4 is 4.74 Å². The molecular formula is C29H26O3. The topological polar surface area (TPSA) is 35.5 Å². The van der Waals surface area contributed by atoms with Gasteiger partial charge in [0.15, 0.2) is 0 Å². The fraction of sp³-hybridized carbons (Fsp3) is 0.138. The molecule has 0 saturated carbocycles. The van der Waals surface area contributed by atoms with Crippen molar-refractivity contribution < 1.29 is 14.3 Å². The van der Waals surface area contributed by atoms with Crippen molar-refractivity contribution in [3.8, 4) is 5.75 Å². The minimum Gasteiger partial charge on any atom is -0.488 e. The van der Waals surface area contributed by atoms with E-state index >= 15 is 0 Å². The summed E-state index contributed by atoms with van der Waals surface area (Å²) in [7, 11) is 0. The molecule has 0 unspecified atom stereocenters. The molecule has 0 radical (unpaired) electrons. The number of hydrogen-bond donors (Lipinski definition) is 0. The molecule has 0 saturated heterocycles. The minimum atomic E-state index is -0.383. The average Bonchev–Trinajstić information content (AvgIpc) is 2.86. The van der Waals surface area contributed by atoms with Crippen LogP contribution in [0.25, 0.3) is 0 Å². The van der Waals surface area contributed by atoms with Gasteiger partial charge in [0.2, 0.25) is 0 Å². The number of esters is 1. The molecule has 0 amide bonds. The lowest BCUT2D eigenvalue weighted by Crippen LogP contribution is -2.09. The number of rotatable bonds is 9. The van der Waals surface area contributed by atoms with Crippen molar-refractivity contribution in [2.75, 3.05) is 0 Å². The molecule has 0 N–H and O–H groups in total. The zero-order chi connectivity index (χ0) is 22.0. The number of carbonyl (C=O) groups is 1. The molecular weight excluding hydrogens is 396 g/mol. The van der Waals surface area contributed by atoms with Gasteiger partial charge >= 0.3 is 5.97 Å². The molecule has 4 aromatic rings. The predicted molar refractivity (Wildman–Crippen MR) is 127 cm³/mol. The molecule has 4 rings (SSSR count). The molecule has 0 aromatic heterocycles. The summed E-state index contributed by atoms with van der Waals surface area (Å²) in [6.45, 7) is 0.621. The average molecular weight is 423 g/mol. The molecule has 3 heteroatoms. The van der Waals surface area contributed by atoms with Gasteiger partial charge in [-0.25, -0.2) is 4.79 Å². The van der Waals surface area contributed by atoms with Gasteiger partial charge in [-0.1, -0.05) is 97.1 Å². The highest BCUT2D eigenvalue weighted by Gasteiger charge is 2.16. The Balaban J connectivity index is 1.49. The molecule has 3 nitrogen and oxygen atoms in total. The number of ether oxygens (including phenoxy) is 2. The third kappa shape index (κ3) is 6.08. The van der Waals surface area contributed by atoms with Crippen molar-refractivity contribution in [1.29, 1.82) is 0 Å². The summed E-state index contributed by atoms with van der Waals surface area (Å²) < 4.78 is 11.6. The lowest BCUT2D eigenvalue weighted by molar-refractivity contribution is 0.0467. The Labute approximate surface area is 189 Å². The smallest absolute Gasteiger partial charge is 0.342 e. The zero-order valence-electron chi connectivity index (χ0n) is 17.9. The number of carbonyl (C=O) groups excluding carboxylic acids is 1. The second kappa shape index (κ2) is 11.0. The molecule has 0 heterocycles. The van der Waals surface area contributed by atoms with Gasteiger partial charge in [0, 0.05) is 0 Å². The largest absolute Gasteiger partial charge is 0.488 e. The van der Waals surface area contributed by atoms with Crippen LogP contribution in [0.5, 0.6) is 5.75 Å². The highest BCUT2D eigenvalue weighted by molar-refractivity contribution is 5.92. The fourth-order valence-electron chi connectivity index (χ4n) is 3.48. The Kier molecular flexibility index (Phi) is 7.33. The van der Waals surface area contributed by atoms with Crippen LogP contribution in [0.3, 0.4) is 0 Å². The van der Waals surface area contributed by atoms with E-state index in [-0.39, 0.29) is 12.6 Å². The summed E-state index contributed by atoms with van der Waals surface area (Å²) in [5, 5.41) is 0. The summed E-state index contributed by atoms with van der Waals surface area (Å²) in [5.74, 6) is 0.170. The van der Waals surface area contributed by atoms with E-state index in [1.54, 1.807) is 0 Å². The van der Waals surface area contributed by atoms with Crippen LogP contribution in [-0.2, 0) is 30.8 Å². The number of benzene rings is 4. The van der Waals surface area contributed by atoms with Crippen LogP contribution in [0.2, 0.25) is 0 Å². The van der Waals surface area contributed by atoms with E-state index in [1.165, 1.54) is 5.56 Å². The second-order valence-corrected chi connectivity index (χ2v) is 7.65. The van der Waals surface area contributed by atoms with Crippen molar-refractivity contribution >= 4 is 5.97 Å². The first-order valence-corrected chi connectivity index (χ1v) is 10.8. The zero-order valence-corrected chi connectivity index (χ0v) is 17.9. The fourth-order valence-corrected chi connectivity index (χ4v) is 3.48. The van der Waals surface area contributed by atoms with Crippen LogP contribution in [0.4, 0.5) is 0 Å². The molecule has 0 bridgehead atoms. The molecule has 0 aliphatic rings. The normalized spacial score (nSPS) is 10.5. The van der Waals surface area contributed by atoms with Crippen molar-refractivity contribution in [2.45, 2.75) is 26.1 Å². The van der Waals surface area contributed by atoms with Gasteiger partial charge in [0.1, 0.15) is 24.5 Å². The summed E-state index contributed by atoms with van der Waals surface area (Å²) >= 11 is 0. The Morgan fingerprint density at radius 1 is 0.562 bits per heavy atom. The Morgan fingerprint density at radius 3 is 1.72 bits per heavy atom. The maximum atomic E-state index is 12.8. The quantitative estimate of drug-likeness (QED) is 0.293. The third-order valence-electron chi connectivity index (χ3n) is 5.26. The highest BCUT2D eigenvalue weighted by atomic mass is 16.5. The maximum absolute atomic E-state index is 12.8. The molecule has 32 heavy (non-hydrogen) atoms. The van der Waals surface area contributed by atoms with Crippen LogP contribution in [0, 0.1) is 0 Å². The summed E-state index contributed by atoms with van der Waals surface area (Å²) in [5.41, 5.74) is 4.85. The third-order valence-corrected chi connectivity index (χ3v) is 5.26. The van der Waals surface area contributed by atoms with E-state index < -0.39 is 0 Å². The lowest BCUT2D eigenvalue weighted by atomic mass is 10.0. The van der Waals surface area contributed by atoms with E-state index in [0.717, 1.165) is 29.5 Å². The van der Waals surface area contributed by atoms with Gasteiger partial charge in [0.25, 0.3) is 0 Å². The minimum absolute atomic E-state index is 0.230. The SMILES string of the molecule is O=C(OCc1ccccc1)c1ccc(CCc2ccccc2)cc1OCc1ccccc1. The first-order valence-electron chi connectivity index (χ1n) is 10.8. The van der Waals surface area contributed by atoms with E-state index in [2.05, 4.69) is 24.3 Å². The highest BCUT2D eigenvalue weighted by Crippen LogP contribution is 2.24. The predicted octanol–water partition coefficient (Wildman–Crippen LogP) is 6.41. The van der Waals surface area contributed by atoms with Crippen molar-refractivity contribution in [3.05, 3.63) is 137 Å². The monoisotopic (exact) mass is 422 g/mol. The Morgan fingerprint density at radius 2 is 1.09 bits per heavy atom. The van der Waals surface area contributed by atoms with Crippen LogP contribution in [0.1, 0.15) is 32.6 Å². The summed E-state index contributed by atoms with van der Waals surface area (Å²) in [6, 6.07) is 35.8. The molecule has 4 aromatic carbocycles. The Hall–Kier alpha value is -3.85. The van der Waals surface area contributed by atoms with E-state index in [9.17, 15) is 4.79 Å². The van der Waals surface area contributed by atoms with Crippen LogP contribution in [-0.4, -0.2) is 5.97 Å². The van der Waals surface area contributed by atoms with Crippen LogP contribution in [0.15, 0.2) is 109 Å². The van der Waals surface area contributed by atoms with Gasteiger partial charge in [0.05, 0.1) is 0 Å². The first-order chi connectivity index (χ1) is 15.8. The maximum Gasteiger partial charge on any atom is 0.342 e. The van der Waals surface area contributed by atoms with Crippen LogP contribution >= 0.6 is 0 Å². The molecule has 0 spiro atoms. The molecule has 0 aliphatic heterocycles. The molecule has 160 valence electrons. The molecule has 0 fully saturated rings. The summed E-state index contributed by atoms with van der Waals surface area (Å²) in [6.07, 6.45) is 1.79.